The van der Waals surface area contributed by atoms with Crippen LogP contribution in [0, 0.1) is 0 Å². The predicted octanol–water partition coefficient (Wildman–Crippen LogP) is 3.00. The molecular formula is C16H20F3N3O3. The van der Waals surface area contributed by atoms with Crippen LogP contribution in [0.1, 0.15) is 25.7 Å². The van der Waals surface area contributed by atoms with Crippen LogP contribution in [-0.2, 0) is 9.47 Å². The van der Waals surface area contributed by atoms with Gasteiger partial charge < -0.3 is 25.3 Å². The van der Waals surface area contributed by atoms with Crippen molar-refractivity contribution in [3.63, 3.8) is 0 Å². The summed E-state index contributed by atoms with van der Waals surface area (Å²) in [7, 11) is 0. The van der Waals surface area contributed by atoms with E-state index in [1.807, 2.05) is 0 Å². The SMILES string of the molecule is NC(=NCC1COC2(CCCC2)O1)Nc1cccc(OC(F)(F)F)c1. The van der Waals surface area contributed by atoms with Gasteiger partial charge in [0.05, 0.1) is 13.2 Å². The third-order valence-electron chi connectivity index (χ3n) is 4.08. The van der Waals surface area contributed by atoms with E-state index in [-0.39, 0.29) is 17.8 Å². The van der Waals surface area contributed by atoms with Crippen molar-refractivity contribution in [3.8, 4) is 5.75 Å². The zero-order valence-electron chi connectivity index (χ0n) is 13.5. The molecule has 2 aliphatic rings. The molecule has 1 aromatic carbocycles. The Labute approximate surface area is 143 Å². The minimum Gasteiger partial charge on any atom is -0.406 e. The van der Waals surface area contributed by atoms with Gasteiger partial charge in [0.2, 0.25) is 0 Å². The number of ether oxygens (including phenoxy) is 3. The summed E-state index contributed by atoms with van der Waals surface area (Å²) in [6.45, 7) is 0.783. The van der Waals surface area contributed by atoms with Crippen LogP contribution in [0.25, 0.3) is 0 Å². The molecule has 138 valence electrons. The molecular weight excluding hydrogens is 339 g/mol. The Kier molecular flexibility index (Phi) is 5.05. The zero-order valence-corrected chi connectivity index (χ0v) is 13.5. The number of hydrogen-bond donors (Lipinski definition) is 2. The minimum atomic E-state index is -4.74. The van der Waals surface area contributed by atoms with Gasteiger partial charge in [-0.05, 0) is 25.0 Å². The minimum absolute atomic E-state index is 0.0835. The molecule has 9 heteroatoms. The normalized spacial score (nSPS) is 23.2. The van der Waals surface area contributed by atoms with Crippen molar-refractivity contribution >= 4 is 11.6 Å². The molecule has 1 atom stereocenters. The fourth-order valence-electron chi connectivity index (χ4n) is 3.04. The summed E-state index contributed by atoms with van der Waals surface area (Å²) >= 11 is 0. The van der Waals surface area contributed by atoms with Gasteiger partial charge in [-0.15, -0.1) is 13.2 Å². The summed E-state index contributed by atoms with van der Waals surface area (Å²) in [6, 6.07) is 5.39. The Morgan fingerprint density at radius 1 is 1.36 bits per heavy atom. The van der Waals surface area contributed by atoms with E-state index in [4.69, 9.17) is 15.2 Å². The highest BCUT2D eigenvalue weighted by atomic mass is 19.4. The van der Waals surface area contributed by atoms with Gasteiger partial charge in [-0.2, -0.15) is 0 Å². The number of hydrogen-bond acceptors (Lipinski definition) is 4. The first-order valence-corrected chi connectivity index (χ1v) is 8.08. The Morgan fingerprint density at radius 2 is 2.12 bits per heavy atom. The van der Waals surface area contributed by atoms with Crippen molar-refractivity contribution in [2.24, 2.45) is 10.7 Å². The molecule has 0 amide bonds. The largest absolute Gasteiger partial charge is 0.573 e. The highest BCUT2D eigenvalue weighted by Gasteiger charge is 2.43. The van der Waals surface area contributed by atoms with Gasteiger partial charge in [-0.1, -0.05) is 6.07 Å². The number of benzene rings is 1. The van der Waals surface area contributed by atoms with Crippen LogP contribution >= 0.6 is 0 Å². The van der Waals surface area contributed by atoms with Gasteiger partial charge in [0.15, 0.2) is 11.7 Å². The second-order valence-corrected chi connectivity index (χ2v) is 6.10. The number of anilines is 1. The van der Waals surface area contributed by atoms with Gasteiger partial charge in [0, 0.05) is 24.6 Å². The molecule has 1 aliphatic heterocycles. The van der Waals surface area contributed by atoms with E-state index in [0.717, 1.165) is 25.7 Å². The molecule has 1 saturated heterocycles. The number of nitrogens with one attached hydrogen (secondary N) is 1. The molecule has 6 nitrogen and oxygen atoms in total. The van der Waals surface area contributed by atoms with Crippen LogP contribution in [0.3, 0.4) is 0 Å². The standard InChI is InChI=1S/C16H20F3N3O3/c17-16(18,19)25-12-5-3-4-11(8-12)22-14(20)21-9-13-10-23-15(24-13)6-1-2-7-15/h3-5,8,13H,1-2,6-7,9-10H2,(H3,20,21,22). The van der Waals surface area contributed by atoms with Gasteiger partial charge >= 0.3 is 6.36 Å². The quantitative estimate of drug-likeness (QED) is 0.638. The fraction of sp³-hybridized carbons (Fsp3) is 0.562. The maximum atomic E-state index is 12.2. The molecule has 2 fully saturated rings. The Bertz CT molecular complexity index is 631. The highest BCUT2D eigenvalue weighted by molar-refractivity contribution is 5.92. The van der Waals surface area contributed by atoms with Crippen molar-refractivity contribution in [2.75, 3.05) is 18.5 Å². The Hall–Kier alpha value is -2.00. The molecule has 25 heavy (non-hydrogen) atoms. The molecule has 1 unspecified atom stereocenters. The summed E-state index contributed by atoms with van der Waals surface area (Å²) in [4.78, 5) is 4.18. The lowest BCUT2D eigenvalue weighted by molar-refractivity contribution is -0.274. The number of halogens is 3. The maximum absolute atomic E-state index is 12.2. The first-order chi connectivity index (χ1) is 11.8. The van der Waals surface area contributed by atoms with Gasteiger partial charge in [0.1, 0.15) is 11.9 Å². The summed E-state index contributed by atoms with van der Waals surface area (Å²) in [6.07, 6.45) is -0.932. The number of nitrogens with two attached hydrogens (primary N) is 1. The first-order valence-electron chi connectivity index (χ1n) is 8.08. The topological polar surface area (TPSA) is 78.1 Å². The van der Waals surface area contributed by atoms with Crippen molar-refractivity contribution in [1.82, 2.24) is 0 Å². The lowest BCUT2D eigenvalue weighted by Gasteiger charge is -2.21. The fourth-order valence-corrected chi connectivity index (χ4v) is 3.04. The van der Waals surface area contributed by atoms with Crippen molar-refractivity contribution < 1.29 is 27.4 Å². The van der Waals surface area contributed by atoms with E-state index in [0.29, 0.717) is 18.8 Å². The first kappa shape index (κ1) is 17.8. The lowest BCUT2D eigenvalue weighted by Crippen LogP contribution is -2.28. The van der Waals surface area contributed by atoms with Crippen molar-refractivity contribution in [2.45, 2.75) is 43.9 Å². The maximum Gasteiger partial charge on any atom is 0.573 e. The third kappa shape index (κ3) is 4.99. The second-order valence-electron chi connectivity index (χ2n) is 6.10. The lowest BCUT2D eigenvalue weighted by atomic mass is 10.2. The Balaban J connectivity index is 1.52. The average molecular weight is 359 g/mol. The van der Waals surface area contributed by atoms with E-state index in [2.05, 4.69) is 15.0 Å². The molecule has 1 aromatic rings. The molecule has 3 rings (SSSR count). The van der Waals surface area contributed by atoms with Crippen LogP contribution in [0.15, 0.2) is 29.3 Å². The summed E-state index contributed by atoms with van der Waals surface area (Å²) in [5.41, 5.74) is 6.13. The highest BCUT2D eigenvalue weighted by Crippen LogP contribution is 2.39. The van der Waals surface area contributed by atoms with Crippen LogP contribution < -0.4 is 15.8 Å². The summed E-state index contributed by atoms with van der Waals surface area (Å²) < 4.78 is 52.3. The second kappa shape index (κ2) is 7.09. The van der Waals surface area contributed by atoms with Gasteiger partial charge in [0.25, 0.3) is 0 Å². The molecule has 0 bridgehead atoms. The molecule has 1 aliphatic carbocycles. The molecule has 3 N–H and O–H groups in total. The monoisotopic (exact) mass is 359 g/mol. The van der Waals surface area contributed by atoms with Crippen LogP contribution in [-0.4, -0.2) is 37.4 Å². The van der Waals surface area contributed by atoms with E-state index >= 15 is 0 Å². The molecule has 1 spiro atoms. The summed E-state index contributed by atoms with van der Waals surface area (Å²) in [5, 5.41) is 2.74. The van der Waals surface area contributed by atoms with Crippen LogP contribution in [0.4, 0.5) is 18.9 Å². The number of rotatable bonds is 4. The van der Waals surface area contributed by atoms with Crippen molar-refractivity contribution in [1.29, 1.82) is 0 Å². The van der Waals surface area contributed by atoms with Crippen LogP contribution in [0.2, 0.25) is 0 Å². The number of guanidine groups is 1. The summed E-state index contributed by atoms with van der Waals surface area (Å²) in [5.74, 6) is -0.702. The van der Waals surface area contributed by atoms with Gasteiger partial charge in [-0.3, -0.25) is 4.99 Å². The van der Waals surface area contributed by atoms with E-state index in [1.165, 1.54) is 18.2 Å². The van der Waals surface area contributed by atoms with E-state index in [9.17, 15) is 13.2 Å². The number of alkyl halides is 3. The Morgan fingerprint density at radius 3 is 2.84 bits per heavy atom. The smallest absolute Gasteiger partial charge is 0.406 e. The molecule has 0 aromatic heterocycles. The zero-order chi connectivity index (χ0) is 17.9. The molecule has 1 saturated carbocycles. The van der Waals surface area contributed by atoms with Crippen LogP contribution in [0.5, 0.6) is 5.75 Å². The third-order valence-corrected chi connectivity index (χ3v) is 4.08. The predicted molar refractivity (Wildman–Crippen MR) is 85.3 cm³/mol. The number of nitrogens with zero attached hydrogens (tertiary/aromatic N) is 1. The molecule has 1 heterocycles. The van der Waals surface area contributed by atoms with Crippen molar-refractivity contribution in [3.05, 3.63) is 24.3 Å². The number of aliphatic imine (C=N–C) groups is 1. The molecule has 0 radical (unpaired) electrons. The van der Waals surface area contributed by atoms with E-state index in [1.54, 1.807) is 6.07 Å². The van der Waals surface area contributed by atoms with Gasteiger partial charge in [-0.25, -0.2) is 0 Å². The van der Waals surface area contributed by atoms with E-state index < -0.39 is 12.1 Å². The average Bonchev–Trinajstić information content (AvgIpc) is 3.14.